The molecule has 0 spiro atoms. The molecule has 2 atom stereocenters. The van der Waals surface area contributed by atoms with Crippen molar-refractivity contribution in [2.45, 2.75) is 52.9 Å². The molecular weight excluding hydrogens is 588 g/mol. The second-order valence-corrected chi connectivity index (χ2v) is 11.5. The van der Waals surface area contributed by atoms with Gasteiger partial charge in [0, 0.05) is 30.6 Å². The minimum Gasteiger partial charge on any atom is -0.457 e. The maximum Gasteiger partial charge on any atom is 0.415 e. The van der Waals surface area contributed by atoms with Crippen LogP contribution in [0.4, 0.5) is 16.4 Å². The number of carbonyl (C=O) groups excluding carboxylic acids is 3. The molecule has 46 heavy (non-hydrogen) atoms. The first-order valence-electron chi connectivity index (χ1n) is 15.2. The third-order valence-electron chi connectivity index (χ3n) is 7.16. The fourth-order valence-corrected chi connectivity index (χ4v) is 4.68. The van der Waals surface area contributed by atoms with Crippen LogP contribution in [0.2, 0.25) is 0 Å². The average molecular weight is 629 g/mol. The van der Waals surface area contributed by atoms with Crippen LogP contribution in [0.5, 0.6) is 11.5 Å². The number of rotatable bonds is 12. The number of benzene rings is 2. The molecule has 0 aliphatic carbocycles. The van der Waals surface area contributed by atoms with Gasteiger partial charge >= 0.3 is 12.1 Å². The molecule has 1 saturated heterocycles. The van der Waals surface area contributed by atoms with Gasteiger partial charge in [-0.25, -0.2) is 14.8 Å². The van der Waals surface area contributed by atoms with E-state index in [4.69, 9.17) is 14.2 Å². The lowest BCUT2D eigenvalue weighted by Crippen LogP contribution is -2.44. The number of likely N-dealkylation sites (tertiary alicyclic amines) is 1. The van der Waals surface area contributed by atoms with Crippen molar-refractivity contribution in [2.24, 2.45) is 11.8 Å². The van der Waals surface area contributed by atoms with Gasteiger partial charge in [0.25, 0.3) is 6.29 Å². The number of nitrogens with one attached hydrogen (secondary N) is 3. The van der Waals surface area contributed by atoms with Crippen molar-refractivity contribution in [3.05, 3.63) is 84.7 Å². The highest BCUT2D eigenvalue weighted by Crippen LogP contribution is 2.28. The van der Waals surface area contributed by atoms with E-state index in [1.807, 2.05) is 30.3 Å². The van der Waals surface area contributed by atoms with Crippen LogP contribution in [-0.4, -0.2) is 64.0 Å². The van der Waals surface area contributed by atoms with Crippen LogP contribution in [0.3, 0.4) is 0 Å². The molecule has 4 rings (SSSR count). The number of aromatic nitrogens is 2. The predicted octanol–water partition coefficient (Wildman–Crippen LogP) is 6.00. The van der Waals surface area contributed by atoms with Gasteiger partial charge in [-0.05, 0) is 55.3 Å². The Labute approximate surface area is 268 Å². The van der Waals surface area contributed by atoms with Crippen LogP contribution in [0.1, 0.15) is 51.7 Å². The summed E-state index contributed by atoms with van der Waals surface area (Å²) in [6, 6.07) is 16.1. The van der Waals surface area contributed by atoms with E-state index >= 15 is 0 Å². The topological polar surface area (TPSA) is 156 Å². The number of nitrogens with zero attached hydrogens (tertiary/aromatic N) is 3. The highest BCUT2D eigenvalue weighted by molar-refractivity contribution is 6.17. The second-order valence-electron chi connectivity index (χ2n) is 11.5. The van der Waals surface area contributed by atoms with Crippen LogP contribution in [0.25, 0.3) is 0 Å². The van der Waals surface area contributed by atoms with Gasteiger partial charge in [0.1, 0.15) is 29.5 Å². The van der Waals surface area contributed by atoms with E-state index < -0.39 is 24.3 Å². The molecule has 12 heteroatoms. The number of anilines is 2. The van der Waals surface area contributed by atoms with E-state index in [0.717, 1.165) is 12.8 Å². The van der Waals surface area contributed by atoms with Gasteiger partial charge in [0.05, 0.1) is 17.2 Å². The third-order valence-corrected chi connectivity index (χ3v) is 7.16. The monoisotopic (exact) mass is 628 g/mol. The number of hydrogen-bond donors (Lipinski definition) is 3. The van der Waals surface area contributed by atoms with E-state index in [9.17, 15) is 19.8 Å². The summed E-state index contributed by atoms with van der Waals surface area (Å²) < 4.78 is 16.8. The number of amides is 2. The lowest BCUT2D eigenvalue weighted by Gasteiger charge is -2.33. The maximum atomic E-state index is 13.1. The highest BCUT2D eigenvalue weighted by Gasteiger charge is 2.28. The Morgan fingerprint density at radius 3 is 2.30 bits per heavy atom. The first kappa shape index (κ1) is 33.6. The molecule has 0 radical (unpaired) electrons. The van der Waals surface area contributed by atoms with E-state index in [-0.39, 0.29) is 35.0 Å². The minimum absolute atomic E-state index is 0.0182. The second kappa shape index (κ2) is 15.6. The van der Waals surface area contributed by atoms with Crippen molar-refractivity contribution < 1.29 is 28.6 Å². The smallest absolute Gasteiger partial charge is 0.415 e. The van der Waals surface area contributed by atoms with Crippen molar-refractivity contribution in [1.82, 2.24) is 14.9 Å². The summed E-state index contributed by atoms with van der Waals surface area (Å²) in [5.74, 6) is 0.178. The molecule has 12 nitrogen and oxygen atoms in total. The molecule has 1 aromatic heterocycles. The third kappa shape index (κ3) is 8.90. The molecule has 0 bridgehead atoms. The Morgan fingerprint density at radius 1 is 0.978 bits per heavy atom. The number of carbonyl (C=O) groups is 3. The van der Waals surface area contributed by atoms with Crippen molar-refractivity contribution in [1.29, 1.82) is 5.41 Å². The lowest BCUT2D eigenvalue weighted by atomic mass is 10.0. The predicted molar refractivity (Wildman–Crippen MR) is 174 cm³/mol. The number of esters is 1. The molecule has 3 aromatic rings. The number of hydrogen-bond acceptors (Lipinski definition) is 10. The average Bonchev–Trinajstić information content (AvgIpc) is 3.04. The summed E-state index contributed by atoms with van der Waals surface area (Å²) in [5, 5.41) is 15.2. The quantitative estimate of drug-likeness (QED) is 0.0947. The zero-order chi connectivity index (χ0) is 33.2. The molecule has 2 heterocycles. The van der Waals surface area contributed by atoms with Crippen LogP contribution >= 0.6 is 0 Å². The van der Waals surface area contributed by atoms with Gasteiger partial charge in [-0.15, -0.1) is 0 Å². The summed E-state index contributed by atoms with van der Waals surface area (Å²) in [6.45, 7) is 11.5. The highest BCUT2D eigenvalue weighted by atomic mass is 16.7. The molecule has 1 fully saturated rings. The van der Waals surface area contributed by atoms with Crippen molar-refractivity contribution in [2.75, 3.05) is 23.7 Å². The summed E-state index contributed by atoms with van der Waals surface area (Å²) in [6.07, 6.45) is 2.02. The Morgan fingerprint density at radius 2 is 1.65 bits per heavy atom. The van der Waals surface area contributed by atoms with Gasteiger partial charge in [0.15, 0.2) is 0 Å². The minimum atomic E-state index is -1.13. The summed E-state index contributed by atoms with van der Waals surface area (Å²) in [7, 11) is 0. The Bertz CT molecular complexity index is 1540. The van der Waals surface area contributed by atoms with Crippen LogP contribution < -0.4 is 15.4 Å². The first-order chi connectivity index (χ1) is 22.0. The van der Waals surface area contributed by atoms with E-state index in [2.05, 4.69) is 27.2 Å². The maximum absolute atomic E-state index is 13.1. The van der Waals surface area contributed by atoms with Crippen LogP contribution in [0.15, 0.2) is 73.6 Å². The molecule has 2 unspecified atom stereocenters. The normalized spacial score (nSPS) is 15.1. The molecule has 1 aliphatic rings. The molecule has 1 aliphatic heterocycles. The van der Waals surface area contributed by atoms with Gasteiger partial charge in [0.2, 0.25) is 5.91 Å². The Balaban J connectivity index is 1.62. The van der Waals surface area contributed by atoms with Gasteiger partial charge in [-0.3, -0.25) is 20.3 Å². The SMILES string of the molecule is C=CC(=O)N1CCCC(Nc2ncnc(NC(=O)OC(OC(=O)C(C)C)C(C)C)c2C(=N)c2ccc(Oc3ccccc3)cc2)C1. The molecule has 2 aromatic carbocycles. The summed E-state index contributed by atoms with van der Waals surface area (Å²) >= 11 is 0. The zero-order valence-electron chi connectivity index (χ0n) is 26.5. The molecule has 2 amide bonds. The first-order valence-corrected chi connectivity index (χ1v) is 15.2. The number of piperidine rings is 1. The molecule has 242 valence electrons. The van der Waals surface area contributed by atoms with E-state index in [1.54, 1.807) is 56.9 Å². The summed E-state index contributed by atoms with van der Waals surface area (Å²) in [4.78, 5) is 48.0. The zero-order valence-corrected chi connectivity index (χ0v) is 26.5. The van der Waals surface area contributed by atoms with Gasteiger partial charge < -0.3 is 24.4 Å². The molecule has 0 saturated carbocycles. The lowest BCUT2D eigenvalue weighted by molar-refractivity contribution is -0.177. The fourth-order valence-electron chi connectivity index (χ4n) is 4.68. The van der Waals surface area contributed by atoms with E-state index in [0.29, 0.717) is 36.0 Å². The Kier molecular flexibility index (Phi) is 11.4. The van der Waals surface area contributed by atoms with Gasteiger partial charge in [-0.2, -0.15) is 0 Å². The number of ether oxygens (including phenoxy) is 3. The fraction of sp³-hybridized carbons (Fsp3) is 0.353. The van der Waals surface area contributed by atoms with Crippen LogP contribution in [-0.2, 0) is 19.1 Å². The molecular formula is C34H40N6O6. The van der Waals surface area contributed by atoms with E-state index in [1.165, 1.54) is 12.4 Å². The van der Waals surface area contributed by atoms with Crippen molar-refractivity contribution in [3.8, 4) is 11.5 Å². The van der Waals surface area contributed by atoms with Crippen molar-refractivity contribution >= 4 is 35.3 Å². The largest absolute Gasteiger partial charge is 0.457 e. The number of para-hydroxylation sites is 1. The van der Waals surface area contributed by atoms with Crippen LogP contribution in [0, 0.1) is 17.2 Å². The van der Waals surface area contributed by atoms with Gasteiger partial charge in [-0.1, -0.05) is 52.5 Å². The Hall–Kier alpha value is -5.26. The molecule has 3 N–H and O–H groups in total. The van der Waals surface area contributed by atoms with Crippen molar-refractivity contribution in [3.63, 3.8) is 0 Å². The summed E-state index contributed by atoms with van der Waals surface area (Å²) in [5.41, 5.74) is 0.738. The standard InChI is InChI=1S/C34H40N6O6/c1-6-27(41)40-18-10-11-24(19-40)38-30-28(29(35)23-14-16-26(17-15-23)44-25-12-8-7-9-13-25)31(37-20-36-30)39-34(43)46-33(22(4)5)45-32(42)21(2)3/h6-9,12-17,20-22,24,33,35H,1,10-11,18-19H2,2-5H3,(H2,36,37,38,39,43).